The topological polar surface area (TPSA) is 76.7 Å². The minimum atomic E-state index is -4.79. The third-order valence-corrected chi connectivity index (χ3v) is 6.39. The van der Waals surface area contributed by atoms with Gasteiger partial charge in [-0.05, 0) is 44.0 Å². The standard InChI is InChI=1S/C20H23F3N2O4S/c1-12-8-13(2)19(14(3)9-12)30(26,27)25-18(20(21,22)23)11-24-15-4-5-16-17(10-15)29-7-6-28-16/h4-5,8-10,18,24-25H,6-7,11H2,1-3H3. The highest BCUT2D eigenvalue weighted by Crippen LogP contribution is 2.33. The molecule has 1 atom stereocenters. The van der Waals surface area contributed by atoms with E-state index in [0.717, 1.165) is 5.56 Å². The average Bonchev–Trinajstić information content (AvgIpc) is 2.63. The molecule has 0 radical (unpaired) electrons. The van der Waals surface area contributed by atoms with Gasteiger partial charge >= 0.3 is 6.18 Å². The van der Waals surface area contributed by atoms with Crippen molar-refractivity contribution in [1.29, 1.82) is 0 Å². The molecule has 30 heavy (non-hydrogen) atoms. The van der Waals surface area contributed by atoms with Crippen molar-refractivity contribution in [3.8, 4) is 11.5 Å². The summed E-state index contributed by atoms with van der Waals surface area (Å²) in [5.74, 6) is 0.923. The highest BCUT2D eigenvalue weighted by molar-refractivity contribution is 7.89. The number of nitrogens with one attached hydrogen (secondary N) is 2. The van der Waals surface area contributed by atoms with Crippen LogP contribution in [0.3, 0.4) is 0 Å². The maximum atomic E-state index is 13.6. The van der Waals surface area contributed by atoms with Crippen molar-refractivity contribution >= 4 is 15.7 Å². The molecule has 164 valence electrons. The lowest BCUT2D eigenvalue weighted by Gasteiger charge is -2.24. The first-order valence-electron chi connectivity index (χ1n) is 9.28. The van der Waals surface area contributed by atoms with Crippen molar-refractivity contribution in [2.75, 3.05) is 25.1 Å². The summed E-state index contributed by atoms with van der Waals surface area (Å²) in [4.78, 5) is -0.137. The molecule has 1 aliphatic heterocycles. The number of hydrogen-bond donors (Lipinski definition) is 2. The van der Waals surface area contributed by atoms with E-state index in [2.05, 4.69) is 5.32 Å². The van der Waals surface area contributed by atoms with Crippen molar-refractivity contribution < 1.29 is 31.1 Å². The van der Waals surface area contributed by atoms with Crippen LogP contribution in [-0.4, -0.2) is 40.4 Å². The number of sulfonamides is 1. The molecule has 1 heterocycles. The van der Waals surface area contributed by atoms with E-state index in [9.17, 15) is 21.6 Å². The first-order chi connectivity index (χ1) is 14.0. The molecular weight excluding hydrogens is 421 g/mol. The molecule has 1 aliphatic rings. The first-order valence-corrected chi connectivity index (χ1v) is 10.8. The third-order valence-electron chi connectivity index (χ3n) is 4.62. The maximum Gasteiger partial charge on any atom is 0.406 e. The van der Waals surface area contributed by atoms with Gasteiger partial charge in [-0.3, -0.25) is 0 Å². The van der Waals surface area contributed by atoms with Gasteiger partial charge in [0.05, 0.1) is 4.90 Å². The van der Waals surface area contributed by atoms with Crippen molar-refractivity contribution in [2.45, 2.75) is 37.9 Å². The zero-order valence-electron chi connectivity index (χ0n) is 16.8. The van der Waals surface area contributed by atoms with Gasteiger partial charge in [-0.25, -0.2) is 8.42 Å². The van der Waals surface area contributed by atoms with Gasteiger partial charge in [-0.1, -0.05) is 17.7 Å². The molecule has 2 aromatic carbocycles. The predicted octanol–water partition coefficient (Wildman–Crippen LogP) is 3.70. The number of rotatable bonds is 6. The zero-order chi connectivity index (χ0) is 22.1. The molecule has 1 unspecified atom stereocenters. The molecule has 6 nitrogen and oxygen atoms in total. The third kappa shape index (κ3) is 4.99. The Balaban J connectivity index is 1.80. The summed E-state index contributed by atoms with van der Waals surface area (Å²) in [7, 11) is -4.39. The quantitative estimate of drug-likeness (QED) is 0.711. The van der Waals surface area contributed by atoms with E-state index in [4.69, 9.17) is 9.47 Å². The zero-order valence-corrected chi connectivity index (χ0v) is 17.6. The van der Waals surface area contributed by atoms with Gasteiger partial charge in [0.2, 0.25) is 10.0 Å². The summed E-state index contributed by atoms with van der Waals surface area (Å²) in [5.41, 5.74) is 1.97. The molecule has 0 spiro atoms. The van der Waals surface area contributed by atoms with Crippen LogP contribution >= 0.6 is 0 Å². The highest BCUT2D eigenvalue weighted by atomic mass is 32.2. The summed E-state index contributed by atoms with van der Waals surface area (Å²) in [6.45, 7) is 4.97. The lowest BCUT2D eigenvalue weighted by Crippen LogP contribution is -2.49. The van der Waals surface area contributed by atoms with E-state index in [0.29, 0.717) is 41.5 Å². The van der Waals surface area contributed by atoms with E-state index in [1.807, 2.05) is 4.72 Å². The van der Waals surface area contributed by atoms with Gasteiger partial charge < -0.3 is 14.8 Å². The Morgan fingerprint density at radius 2 is 1.60 bits per heavy atom. The van der Waals surface area contributed by atoms with Gasteiger partial charge in [-0.2, -0.15) is 17.9 Å². The summed E-state index contributed by atoms with van der Waals surface area (Å²) in [5, 5.41) is 2.63. The van der Waals surface area contributed by atoms with Crippen LogP contribution in [0, 0.1) is 20.8 Å². The molecule has 0 bridgehead atoms. The molecule has 3 rings (SSSR count). The Hall–Kier alpha value is -2.46. The summed E-state index contributed by atoms with van der Waals surface area (Å²) in [6, 6.07) is 5.57. The second-order valence-electron chi connectivity index (χ2n) is 7.18. The lowest BCUT2D eigenvalue weighted by molar-refractivity contribution is -0.148. The Morgan fingerprint density at radius 1 is 1.00 bits per heavy atom. The summed E-state index contributed by atoms with van der Waals surface area (Å²) in [6.07, 6.45) is -4.79. The molecule has 0 saturated carbocycles. The number of benzene rings is 2. The number of anilines is 1. The molecule has 0 aromatic heterocycles. The normalized spacial score (nSPS) is 15.0. The highest BCUT2D eigenvalue weighted by Gasteiger charge is 2.42. The fraction of sp³-hybridized carbons (Fsp3) is 0.400. The molecule has 0 amide bonds. The van der Waals surface area contributed by atoms with Gasteiger partial charge in [0.25, 0.3) is 0 Å². The summed E-state index contributed by atoms with van der Waals surface area (Å²) < 4.78 is 78.9. The number of halogens is 3. The van der Waals surface area contributed by atoms with Gasteiger partial charge in [-0.15, -0.1) is 0 Å². The van der Waals surface area contributed by atoms with E-state index in [-0.39, 0.29) is 4.90 Å². The Morgan fingerprint density at radius 3 is 2.20 bits per heavy atom. The van der Waals surface area contributed by atoms with E-state index < -0.39 is 28.8 Å². The van der Waals surface area contributed by atoms with Crippen LogP contribution in [0.15, 0.2) is 35.2 Å². The van der Waals surface area contributed by atoms with E-state index in [1.54, 1.807) is 45.0 Å². The number of aryl methyl sites for hydroxylation is 3. The number of hydrogen-bond acceptors (Lipinski definition) is 5. The molecule has 2 N–H and O–H groups in total. The van der Waals surface area contributed by atoms with Crippen LogP contribution in [0.2, 0.25) is 0 Å². The molecule has 0 saturated heterocycles. The lowest BCUT2D eigenvalue weighted by atomic mass is 10.1. The minimum absolute atomic E-state index is 0.137. The number of ether oxygens (including phenoxy) is 2. The Labute approximate surface area is 173 Å². The summed E-state index contributed by atoms with van der Waals surface area (Å²) >= 11 is 0. The molecule has 2 aromatic rings. The van der Waals surface area contributed by atoms with Gasteiger partial charge in [0, 0.05) is 18.3 Å². The molecule has 10 heteroatoms. The minimum Gasteiger partial charge on any atom is -0.486 e. The van der Waals surface area contributed by atoms with Crippen LogP contribution < -0.4 is 19.5 Å². The predicted molar refractivity (Wildman–Crippen MR) is 107 cm³/mol. The van der Waals surface area contributed by atoms with Crippen LogP contribution in [-0.2, 0) is 10.0 Å². The number of alkyl halides is 3. The van der Waals surface area contributed by atoms with Crippen LogP contribution in [0.1, 0.15) is 16.7 Å². The van der Waals surface area contributed by atoms with E-state index in [1.165, 1.54) is 6.07 Å². The van der Waals surface area contributed by atoms with Crippen LogP contribution in [0.4, 0.5) is 18.9 Å². The fourth-order valence-electron chi connectivity index (χ4n) is 3.43. The molecular formula is C20H23F3N2O4S. The van der Waals surface area contributed by atoms with Gasteiger partial charge in [0.1, 0.15) is 19.3 Å². The van der Waals surface area contributed by atoms with Crippen molar-refractivity contribution in [1.82, 2.24) is 4.72 Å². The average molecular weight is 444 g/mol. The fourth-order valence-corrected chi connectivity index (χ4v) is 5.11. The van der Waals surface area contributed by atoms with Crippen LogP contribution in [0.5, 0.6) is 11.5 Å². The second kappa shape index (κ2) is 8.35. The van der Waals surface area contributed by atoms with Crippen molar-refractivity contribution in [2.24, 2.45) is 0 Å². The second-order valence-corrected chi connectivity index (χ2v) is 8.83. The van der Waals surface area contributed by atoms with Crippen molar-refractivity contribution in [3.63, 3.8) is 0 Å². The Kier molecular flexibility index (Phi) is 6.19. The maximum absolute atomic E-state index is 13.6. The largest absolute Gasteiger partial charge is 0.486 e. The monoisotopic (exact) mass is 444 g/mol. The van der Waals surface area contributed by atoms with Gasteiger partial charge in [0.15, 0.2) is 11.5 Å². The van der Waals surface area contributed by atoms with Crippen LogP contribution in [0.25, 0.3) is 0 Å². The molecule has 0 aliphatic carbocycles. The van der Waals surface area contributed by atoms with Crippen molar-refractivity contribution in [3.05, 3.63) is 47.0 Å². The molecule has 0 fully saturated rings. The van der Waals surface area contributed by atoms with E-state index >= 15 is 0 Å². The Bertz CT molecular complexity index is 1020. The smallest absolute Gasteiger partial charge is 0.406 e. The SMILES string of the molecule is Cc1cc(C)c(S(=O)(=O)NC(CNc2ccc3c(c2)OCCO3)C(F)(F)F)c(C)c1. The number of fused-ring (bicyclic) bond motifs is 1. The first kappa shape index (κ1) is 22.2.